The van der Waals surface area contributed by atoms with E-state index in [9.17, 15) is 0 Å². The van der Waals surface area contributed by atoms with Gasteiger partial charge in [-0.25, -0.2) is 0 Å². The Bertz CT molecular complexity index is 334. The Labute approximate surface area is 106 Å². The lowest BCUT2D eigenvalue weighted by Crippen LogP contribution is -2.29. The zero-order chi connectivity index (χ0) is 12.7. The minimum atomic E-state index is 1.04. The second-order valence-electron chi connectivity index (χ2n) is 4.92. The smallest absolute Gasteiger partial charge is 0.0233 e. The monoisotopic (exact) mass is 234 g/mol. The number of nitrogens with zero attached hydrogens (tertiary/aromatic N) is 1. The van der Waals surface area contributed by atoms with Crippen molar-refractivity contribution in [1.82, 2.24) is 10.2 Å². The van der Waals surface area contributed by atoms with Crippen LogP contribution in [-0.2, 0) is 6.54 Å². The van der Waals surface area contributed by atoms with Gasteiger partial charge in [0.1, 0.15) is 0 Å². The molecule has 0 aliphatic heterocycles. The molecule has 96 valence electrons. The van der Waals surface area contributed by atoms with E-state index in [2.05, 4.69) is 56.2 Å². The predicted molar refractivity (Wildman–Crippen MR) is 75.4 cm³/mol. The maximum Gasteiger partial charge on any atom is 0.0233 e. The highest BCUT2D eigenvalue weighted by Gasteiger charge is 2.03. The number of rotatable bonds is 7. The van der Waals surface area contributed by atoms with Gasteiger partial charge in [0.15, 0.2) is 0 Å². The van der Waals surface area contributed by atoms with E-state index in [1.54, 1.807) is 0 Å². The van der Waals surface area contributed by atoms with Crippen LogP contribution in [0.2, 0.25) is 0 Å². The highest BCUT2D eigenvalue weighted by molar-refractivity contribution is 5.30. The standard InChI is InChI=1S/C15H26N2/c1-5-8-16-9-10-17(4)12-15-11-13(2)6-7-14(15)3/h6-7,11,16H,5,8-10,12H2,1-4H3. The van der Waals surface area contributed by atoms with Crippen LogP contribution in [0.1, 0.15) is 30.0 Å². The van der Waals surface area contributed by atoms with Crippen molar-refractivity contribution in [3.8, 4) is 0 Å². The molecule has 2 heteroatoms. The molecular formula is C15H26N2. The van der Waals surface area contributed by atoms with E-state index in [1.165, 1.54) is 23.1 Å². The largest absolute Gasteiger partial charge is 0.315 e. The molecule has 0 heterocycles. The molecule has 0 saturated carbocycles. The van der Waals surface area contributed by atoms with Gasteiger partial charge in [0.25, 0.3) is 0 Å². The van der Waals surface area contributed by atoms with Crippen LogP contribution in [0.4, 0.5) is 0 Å². The number of nitrogens with one attached hydrogen (secondary N) is 1. The van der Waals surface area contributed by atoms with Crippen LogP contribution in [0, 0.1) is 13.8 Å². The van der Waals surface area contributed by atoms with Crippen molar-refractivity contribution >= 4 is 0 Å². The van der Waals surface area contributed by atoms with Gasteiger partial charge in [-0.3, -0.25) is 0 Å². The summed E-state index contributed by atoms with van der Waals surface area (Å²) in [6, 6.07) is 6.70. The van der Waals surface area contributed by atoms with Crippen molar-refractivity contribution in [2.45, 2.75) is 33.7 Å². The minimum absolute atomic E-state index is 1.04. The van der Waals surface area contributed by atoms with Gasteiger partial charge < -0.3 is 10.2 Å². The first-order chi connectivity index (χ1) is 8.13. The third-order valence-electron chi connectivity index (χ3n) is 3.04. The Balaban J connectivity index is 2.39. The first-order valence-corrected chi connectivity index (χ1v) is 6.59. The van der Waals surface area contributed by atoms with E-state index in [0.29, 0.717) is 0 Å². The van der Waals surface area contributed by atoms with Crippen molar-refractivity contribution in [2.75, 3.05) is 26.7 Å². The number of aryl methyl sites for hydroxylation is 2. The van der Waals surface area contributed by atoms with Crippen LogP contribution in [0.3, 0.4) is 0 Å². The zero-order valence-electron chi connectivity index (χ0n) is 11.7. The Morgan fingerprint density at radius 3 is 2.65 bits per heavy atom. The van der Waals surface area contributed by atoms with E-state index in [0.717, 1.165) is 26.2 Å². The third-order valence-corrected chi connectivity index (χ3v) is 3.04. The molecule has 0 fully saturated rings. The molecule has 0 spiro atoms. The molecule has 0 unspecified atom stereocenters. The number of hydrogen-bond acceptors (Lipinski definition) is 2. The van der Waals surface area contributed by atoms with E-state index in [1.807, 2.05) is 0 Å². The SMILES string of the molecule is CCCNCCN(C)Cc1cc(C)ccc1C. The van der Waals surface area contributed by atoms with Crippen molar-refractivity contribution in [3.63, 3.8) is 0 Å². The summed E-state index contributed by atoms with van der Waals surface area (Å²) in [5.74, 6) is 0. The molecule has 0 aliphatic rings. The topological polar surface area (TPSA) is 15.3 Å². The van der Waals surface area contributed by atoms with Crippen molar-refractivity contribution in [2.24, 2.45) is 0 Å². The van der Waals surface area contributed by atoms with Crippen LogP contribution in [0.25, 0.3) is 0 Å². The highest BCUT2D eigenvalue weighted by Crippen LogP contribution is 2.12. The number of hydrogen-bond donors (Lipinski definition) is 1. The molecule has 0 saturated heterocycles. The van der Waals surface area contributed by atoms with Crippen LogP contribution < -0.4 is 5.32 Å². The van der Waals surface area contributed by atoms with Crippen LogP contribution >= 0.6 is 0 Å². The van der Waals surface area contributed by atoms with E-state index in [4.69, 9.17) is 0 Å². The maximum absolute atomic E-state index is 3.44. The highest BCUT2D eigenvalue weighted by atomic mass is 15.1. The van der Waals surface area contributed by atoms with Gasteiger partial charge in [-0.05, 0) is 45.0 Å². The maximum atomic E-state index is 3.44. The molecule has 0 radical (unpaired) electrons. The average molecular weight is 234 g/mol. The van der Waals surface area contributed by atoms with Crippen molar-refractivity contribution in [3.05, 3.63) is 34.9 Å². The zero-order valence-corrected chi connectivity index (χ0v) is 11.7. The second kappa shape index (κ2) is 7.46. The predicted octanol–water partition coefficient (Wildman–Crippen LogP) is 2.73. The average Bonchev–Trinajstić information content (AvgIpc) is 2.29. The molecule has 1 aromatic carbocycles. The van der Waals surface area contributed by atoms with Crippen LogP contribution in [0.15, 0.2) is 18.2 Å². The third kappa shape index (κ3) is 5.33. The van der Waals surface area contributed by atoms with Crippen molar-refractivity contribution < 1.29 is 0 Å². The Kier molecular flexibility index (Phi) is 6.23. The first kappa shape index (κ1) is 14.2. The van der Waals surface area contributed by atoms with E-state index in [-0.39, 0.29) is 0 Å². The van der Waals surface area contributed by atoms with Gasteiger partial charge in [0.2, 0.25) is 0 Å². The molecule has 17 heavy (non-hydrogen) atoms. The Hall–Kier alpha value is -0.860. The molecule has 1 aromatic rings. The molecule has 0 amide bonds. The van der Waals surface area contributed by atoms with E-state index >= 15 is 0 Å². The normalized spacial score (nSPS) is 11.1. The van der Waals surface area contributed by atoms with E-state index < -0.39 is 0 Å². The first-order valence-electron chi connectivity index (χ1n) is 6.59. The van der Waals surface area contributed by atoms with Crippen molar-refractivity contribution in [1.29, 1.82) is 0 Å². The van der Waals surface area contributed by atoms with Gasteiger partial charge >= 0.3 is 0 Å². The lowest BCUT2D eigenvalue weighted by Gasteiger charge is -2.18. The summed E-state index contributed by atoms with van der Waals surface area (Å²) in [5.41, 5.74) is 4.19. The lowest BCUT2D eigenvalue weighted by atomic mass is 10.1. The summed E-state index contributed by atoms with van der Waals surface area (Å²) >= 11 is 0. The molecule has 1 rings (SSSR count). The van der Waals surface area contributed by atoms with Gasteiger partial charge in [-0.2, -0.15) is 0 Å². The molecule has 1 N–H and O–H groups in total. The van der Waals surface area contributed by atoms with Gasteiger partial charge in [0.05, 0.1) is 0 Å². The van der Waals surface area contributed by atoms with Gasteiger partial charge in [-0.15, -0.1) is 0 Å². The minimum Gasteiger partial charge on any atom is -0.315 e. The summed E-state index contributed by atoms with van der Waals surface area (Å²) in [4.78, 5) is 2.38. The summed E-state index contributed by atoms with van der Waals surface area (Å²) in [7, 11) is 2.19. The molecular weight excluding hydrogens is 208 g/mol. The molecule has 2 nitrogen and oxygen atoms in total. The summed E-state index contributed by atoms with van der Waals surface area (Å²) < 4.78 is 0. The molecule has 0 bridgehead atoms. The molecule has 0 atom stereocenters. The summed E-state index contributed by atoms with van der Waals surface area (Å²) in [6.07, 6.45) is 1.21. The fourth-order valence-corrected chi connectivity index (χ4v) is 1.91. The molecule has 0 aliphatic carbocycles. The van der Waals surface area contributed by atoms with Crippen LogP contribution in [0.5, 0.6) is 0 Å². The number of benzene rings is 1. The second-order valence-corrected chi connectivity index (χ2v) is 4.92. The fraction of sp³-hybridized carbons (Fsp3) is 0.600. The summed E-state index contributed by atoms with van der Waals surface area (Å²) in [5, 5.41) is 3.44. The van der Waals surface area contributed by atoms with Gasteiger partial charge in [-0.1, -0.05) is 30.7 Å². The summed E-state index contributed by atoms with van der Waals surface area (Å²) in [6.45, 7) is 10.9. The van der Waals surface area contributed by atoms with Gasteiger partial charge in [0, 0.05) is 19.6 Å². The number of likely N-dealkylation sites (N-methyl/N-ethyl adjacent to an activating group) is 1. The Morgan fingerprint density at radius 1 is 1.18 bits per heavy atom. The fourth-order valence-electron chi connectivity index (χ4n) is 1.91. The quantitative estimate of drug-likeness (QED) is 0.730. The lowest BCUT2D eigenvalue weighted by molar-refractivity contribution is 0.324. The van der Waals surface area contributed by atoms with Crippen LogP contribution in [-0.4, -0.2) is 31.6 Å². The Morgan fingerprint density at radius 2 is 1.94 bits per heavy atom. The molecule has 0 aromatic heterocycles.